The minimum Gasteiger partial charge on any atom is -0.399 e. The number of nitrogens with two attached hydrogens (primary N) is 1. The lowest BCUT2D eigenvalue weighted by atomic mass is 10.3. The molecular formula is C17H16N4O4S2. The number of sulfonamides is 2. The zero-order valence-electron chi connectivity index (χ0n) is 13.9. The Bertz CT molecular complexity index is 1130. The molecule has 0 aliphatic carbocycles. The summed E-state index contributed by atoms with van der Waals surface area (Å²) < 4.78 is 54.1. The summed E-state index contributed by atoms with van der Waals surface area (Å²) >= 11 is 0. The van der Waals surface area contributed by atoms with Crippen LogP contribution in [0.2, 0.25) is 0 Å². The molecule has 0 amide bonds. The zero-order chi connectivity index (χ0) is 19.5. The van der Waals surface area contributed by atoms with Crippen LogP contribution >= 0.6 is 0 Å². The lowest BCUT2D eigenvalue weighted by Gasteiger charge is -2.10. The van der Waals surface area contributed by atoms with Crippen molar-refractivity contribution >= 4 is 37.2 Å². The van der Waals surface area contributed by atoms with Crippen LogP contribution in [0.4, 0.5) is 17.2 Å². The number of rotatable bonds is 6. The van der Waals surface area contributed by atoms with E-state index in [9.17, 15) is 16.8 Å². The number of anilines is 3. The largest absolute Gasteiger partial charge is 0.399 e. The van der Waals surface area contributed by atoms with Crippen LogP contribution in [-0.4, -0.2) is 21.8 Å². The molecule has 140 valence electrons. The molecule has 3 aromatic rings. The second kappa shape index (κ2) is 7.25. The van der Waals surface area contributed by atoms with E-state index in [4.69, 9.17) is 5.73 Å². The Kier molecular flexibility index (Phi) is 5.02. The van der Waals surface area contributed by atoms with Gasteiger partial charge in [-0.3, -0.25) is 9.44 Å². The summed E-state index contributed by atoms with van der Waals surface area (Å²) in [4.78, 5) is 3.93. The first kappa shape index (κ1) is 18.7. The maximum absolute atomic E-state index is 12.3. The fraction of sp³-hybridized carbons (Fsp3) is 0. The first-order valence-corrected chi connectivity index (χ1v) is 10.7. The Labute approximate surface area is 157 Å². The monoisotopic (exact) mass is 404 g/mol. The van der Waals surface area contributed by atoms with E-state index in [1.165, 1.54) is 60.8 Å². The van der Waals surface area contributed by atoms with Gasteiger partial charge >= 0.3 is 0 Å². The van der Waals surface area contributed by atoms with Crippen molar-refractivity contribution in [2.75, 3.05) is 15.2 Å². The van der Waals surface area contributed by atoms with Crippen molar-refractivity contribution in [2.24, 2.45) is 0 Å². The summed E-state index contributed by atoms with van der Waals surface area (Å²) in [6.07, 6.45) is 1.47. The summed E-state index contributed by atoms with van der Waals surface area (Å²) in [7, 11) is -7.64. The molecule has 2 aromatic carbocycles. The van der Waals surface area contributed by atoms with Crippen LogP contribution in [0.5, 0.6) is 0 Å². The predicted octanol–water partition coefficient (Wildman–Crippen LogP) is 2.27. The van der Waals surface area contributed by atoms with Gasteiger partial charge in [-0.2, -0.15) is 0 Å². The second-order valence-electron chi connectivity index (χ2n) is 5.52. The first-order valence-electron chi connectivity index (χ1n) is 7.69. The Balaban J connectivity index is 1.78. The molecule has 0 bridgehead atoms. The number of hydrogen-bond acceptors (Lipinski definition) is 6. The minimum absolute atomic E-state index is 0.0245. The molecule has 0 saturated carbocycles. The van der Waals surface area contributed by atoms with E-state index >= 15 is 0 Å². The molecule has 4 N–H and O–H groups in total. The standard InChI is InChI=1S/C17H16N4O4S2/c18-13-4-8-15(9-5-13)26(22,23)20-14-6-10-16(11-7-14)27(24,25)21-17-3-1-2-12-19-17/h1-12,20H,18H2,(H,19,21). The van der Waals surface area contributed by atoms with Crippen molar-refractivity contribution in [2.45, 2.75) is 9.79 Å². The quantitative estimate of drug-likeness (QED) is 0.540. The molecule has 0 aliphatic heterocycles. The van der Waals surface area contributed by atoms with Crippen LogP contribution in [0.3, 0.4) is 0 Å². The lowest BCUT2D eigenvalue weighted by molar-refractivity contribution is 0.600. The third-order valence-corrected chi connectivity index (χ3v) is 6.28. The third kappa shape index (κ3) is 4.54. The van der Waals surface area contributed by atoms with E-state index in [-0.39, 0.29) is 21.3 Å². The highest BCUT2D eigenvalue weighted by molar-refractivity contribution is 7.93. The third-order valence-electron chi connectivity index (χ3n) is 3.51. The Morgan fingerprint density at radius 3 is 1.81 bits per heavy atom. The van der Waals surface area contributed by atoms with Crippen LogP contribution in [0.25, 0.3) is 0 Å². The van der Waals surface area contributed by atoms with Gasteiger partial charge in [0.2, 0.25) is 0 Å². The van der Waals surface area contributed by atoms with Crippen molar-refractivity contribution in [1.29, 1.82) is 0 Å². The fourth-order valence-corrected chi connectivity index (χ4v) is 4.25. The van der Waals surface area contributed by atoms with Crippen molar-refractivity contribution in [1.82, 2.24) is 4.98 Å². The summed E-state index contributed by atoms with van der Waals surface area (Å²) in [6, 6.07) is 15.9. The molecule has 27 heavy (non-hydrogen) atoms. The van der Waals surface area contributed by atoms with Gasteiger partial charge in [0.15, 0.2) is 0 Å². The molecule has 0 aliphatic rings. The van der Waals surface area contributed by atoms with Gasteiger partial charge in [0, 0.05) is 17.6 Å². The van der Waals surface area contributed by atoms with Gasteiger partial charge in [-0.25, -0.2) is 21.8 Å². The molecule has 0 atom stereocenters. The summed E-state index contributed by atoms with van der Waals surface area (Å²) in [5.74, 6) is 0.186. The van der Waals surface area contributed by atoms with Crippen molar-refractivity contribution in [3.8, 4) is 0 Å². The number of benzene rings is 2. The van der Waals surface area contributed by atoms with Crippen LogP contribution in [0, 0.1) is 0 Å². The average Bonchev–Trinajstić information content (AvgIpc) is 2.63. The normalized spacial score (nSPS) is 11.7. The van der Waals surface area contributed by atoms with E-state index in [0.29, 0.717) is 5.69 Å². The Hall–Kier alpha value is -3.11. The van der Waals surface area contributed by atoms with Gasteiger partial charge in [-0.1, -0.05) is 6.07 Å². The molecule has 8 nitrogen and oxygen atoms in total. The van der Waals surface area contributed by atoms with Crippen molar-refractivity contribution in [3.05, 3.63) is 72.9 Å². The fourth-order valence-electron chi connectivity index (χ4n) is 2.18. The molecule has 10 heteroatoms. The first-order chi connectivity index (χ1) is 12.8. The number of pyridine rings is 1. The number of aromatic nitrogens is 1. The van der Waals surface area contributed by atoms with Gasteiger partial charge in [0.1, 0.15) is 5.82 Å². The minimum atomic E-state index is -3.83. The molecule has 0 saturated heterocycles. The molecule has 0 spiro atoms. The van der Waals surface area contributed by atoms with Crippen molar-refractivity contribution < 1.29 is 16.8 Å². The molecule has 0 unspecified atom stereocenters. The number of nitrogens with one attached hydrogen (secondary N) is 2. The van der Waals surface area contributed by atoms with E-state index in [2.05, 4.69) is 14.4 Å². The molecule has 0 fully saturated rings. The topological polar surface area (TPSA) is 131 Å². The number of hydrogen-bond donors (Lipinski definition) is 3. The summed E-state index contributed by atoms with van der Waals surface area (Å²) in [5, 5.41) is 0. The van der Waals surface area contributed by atoms with E-state index < -0.39 is 20.0 Å². The molecule has 1 aromatic heterocycles. The average molecular weight is 404 g/mol. The van der Waals surface area contributed by atoms with Gasteiger partial charge in [-0.15, -0.1) is 0 Å². The van der Waals surface area contributed by atoms with Crippen LogP contribution in [0.1, 0.15) is 0 Å². The molecule has 1 heterocycles. The predicted molar refractivity (Wildman–Crippen MR) is 103 cm³/mol. The maximum atomic E-state index is 12.3. The van der Waals surface area contributed by atoms with Crippen molar-refractivity contribution in [3.63, 3.8) is 0 Å². The smallest absolute Gasteiger partial charge is 0.263 e. The van der Waals surface area contributed by atoms with Gasteiger partial charge in [0.25, 0.3) is 20.0 Å². The van der Waals surface area contributed by atoms with Crippen LogP contribution in [0.15, 0.2) is 82.7 Å². The van der Waals surface area contributed by atoms with Gasteiger partial charge in [0.05, 0.1) is 9.79 Å². The molecular weight excluding hydrogens is 388 g/mol. The van der Waals surface area contributed by atoms with Crippen LogP contribution in [-0.2, 0) is 20.0 Å². The highest BCUT2D eigenvalue weighted by Gasteiger charge is 2.17. The number of nitrogens with zero attached hydrogens (tertiary/aromatic N) is 1. The number of nitrogen functional groups attached to an aromatic ring is 1. The van der Waals surface area contributed by atoms with E-state index in [0.717, 1.165) is 0 Å². The second-order valence-corrected chi connectivity index (χ2v) is 8.88. The van der Waals surface area contributed by atoms with Crippen LogP contribution < -0.4 is 15.2 Å². The molecule has 3 rings (SSSR count). The zero-order valence-corrected chi connectivity index (χ0v) is 15.5. The molecule has 0 radical (unpaired) electrons. The Morgan fingerprint density at radius 1 is 0.704 bits per heavy atom. The summed E-state index contributed by atoms with van der Waals surface area (Å²) in [5.41, 5.74) is 6.23. The summed E-state index contributed by atoms with van der Waals surface area (Å²) in [6.45, 7) is 0. The highest BCUT2D eigenvalue weighted by atomic mass is 32.2. The van der Waals surface area contributed by atoms with E-state index in [1.807, 2.05) is 0 Å². The lowest BCUT2D eigenvalue weighted by Crippen LogP contribution is -2.15. The highest BCUT2D eigenvalue weighted by Crippen LogP contribution is 2.20. The van der Waals surface area contributed by atoms with Gasteiger partial charge in [-0.05, 0) is 60.7 Å². The maximum Gasteiger partial charge on any atom is 0.263 e. The SMILES string of the molecule is Nc1ccc(S(=O)(=O)Nc2ccc(S(=O)(=O)Nc3ccccn3)cc2)cc1. The Morgan fingerprint density at radius 2 is 1.26 bits per heavy atom. The van der Waals surface area contributed by atoms with Gasteiger partial charge < -0.3 is 5.73 Å². The van der Waals surface area contributed by atoms with E-state index in [1.54, 1.807) is 12.1 Å².